The first kappa shape index (κ1) is 15.4. The van der Waals surface area contributed by atoms with Crippen LogP contribution < -0.4 is 0 Å². The van der Waals surface area contributed by atoms with E-state index in [1.807, 2.05) is 0 Å². The predicted octanol–water partition coefficient (Wildman–Crippen LogP) is 1.02. The van der Waals surface area contributed by atoms with E-state index in [2.05, 4.69) is 29.6 Å². The van der Waals surface area contributed by atoms with Crippen LogP contribution in [0.3, 0.4) is 0 Å². The molecule has 2 N–H and O–H groups in total. The molecular formula is C16H19NO4S. The Hall–Kier alpha value is -1.47. The molecule has 0 saturated carbocycles. The number of thiophene rings is 1. The minimum Gasteiger partial charge on any atom is -0.388 e. The molecule has 118 valence electrons. The van der Waals surface area contributed by atoms with Crippen LogP contribution in [0.1, 0.15) is 5.56 Å². The van der Waals surface area contributed by atoms with Crippen LogP contribution in [-0.2, 0) is 16.0 Å². The number of nitrogens with zero attached hydrogens (tertiary/aromatic N) is 1. The van der Waals surface area contributed by atoms with Gasteiger partial charge in [0.2, 0.25) is 5.91 Å². The van der Waals surface area contributed by atoms with Crippen LogP contribution in [-0.4, -0.2) is 59.5 Å². The van der Waals surface area contributed by atoms with Crippen molar-refractivity contribution < 1.29 is 19.7 Å². The zero-order chi connectivity index (χ0) is 15.5. The summed E-state index contributed by atoms with van der Waals surface area (Å²) < 4.78 is 6.69. The van der Waals surface area contributed by atoms with E-state index in [0.717, 1.165) is 6.42 Å². The van der Waals surface area contributed by atoms with Crippen molar-refractivity contribution >= 4 is 27.3 Å². The highest BCUT2D eigenvalue weighted by atomic mass is 32.1. The van der Waals surface area contributed by atoms with Crippen molar-refractivity contribution in [1.29, 1.82) is 0 Å². The second-order valence-electron chi connectivity index (χ2n) is 5.53. The van der Waals surface area contributed by atoms with Crippen LogP contribution in [0.15, 0.2) is 29.6 Å². The van der Waals surface area contributed by atoms with Gasteiger partial charge in [-0.25, -0.2) is 0 Å². The molecular weight excluding hydrogens is 302 g/mol. The number of aliphatic hydroxyl groups is 2. The molecule has 1 saturated heterocycles. The van der Waals surface area contributed by atoms with Crippen molar-refractivity contribution in [2.75, 3.05) is 26.3 Å². The van der Waals surface area contributed by atoms with Crippen molar-refractivity contribution in [3.05, 3.63) is 35.2 Å². The van der Waals surface area contributed by atoms with Crippen LogP contribution in [0.5, 0.6) is 0 Å². The summed E-state index contributed by atoms with van der Waals surface area (Å²) in [6, 6.07) is 8.42. The Morgan fingerprint density at radius 1 is 1.27 bits per heavy atom. The zero-order valence-corrected chi connectivity index (χ0v) is 13.0. The van der Waals surface area contributed by atoms with Crippen molar-refractivity contribution in [2.45, 2.75) is 18.6 Å². The Kier molecular flexibility index (Phi) is 4.73. The zero-order valence-electron chi connectivity index (χ0n) is 12.1. The quantitative estimate of drug-likeness (QED) is 0.807. The van der Waals surface area contributed by atoms with Crippen molar-refractivity contribution in [2.24, 2.45) is 0 Å². The molecule has 3 rings (SSSR count). The third-order valence-electron chi connectivity index (χ3n) is 3.89. The third kappa shape index (κ3) is 3.47. The van der Waals surface area contributed by atoms with Gasteiger partial charge in [-0.2, -0.15) is 0 Å². The predicted molar refractivity (Wildman–Crippen MR) is 84.9 cm³/mol. The van der Waals surface area contributed by atoms with Crippen LogP contribution in [0, 0.1) is 0 Å². The van der Waals surface area contributed by atoms with Gasteiger partial charge < -0.3 is 19.8 Å². The summed E-state index contributed by atoms with van der Waals surface area (Å²) in [5, 5.41) is 22.2. The van der Waals surface area contributed by atoms with E-state index < -0.39 is 12.2 Å². The van der Waals surface area contributed by atoms with Gasteiger partial charge in [0, 0.05) is 17.8 Å². The fourth-order valence-corrected chi connectivity index (χ4v) is 3.36. The van der Waals surface area contributed by atoms with Gasteiger partial charge in [0.1, 0.15) is 6.61 Å². The molecule has 1 fully saturated rings. The number of fused-ring (bicyclic) bond motifs is 1. The van der Waals surface area contributed by atoms with Gasteiger partial charge in [-0.15, -0.1) is 11.3 Å². The molecule has 1 amide bonds. The normalized spacial score (nSPS) is 21.6. The smallest absolute Gasteiger partial charge is 0.248 e. The van der Waals surface area contributed by atoms with Gasteiger partial charge in [-0.05, 0) is 34.9 Å². The standard InChI is InChI=1S/C16H19NO4S/c18-13-8-17(9-14(13)19)16(20)10-21-5-3-11-1-2-15-12(7-11)4-6-22-15/h1-2,4,6-7,13-14,18-19H,3,5,8-10H2/t13-,14-/m1/s1. The van der Waals surface area contributed by atoms with Gasteiger partial charge in [0.25, 0.3) is 0 Å². The molecule has 2 heterocycles. The molecule has 0 unspecified atom stereocenters. The Morgan fingerprint density at radius 2 is 2.05 bits per heavy atom. The van der Waals surface area contributed by atoms with Gasteiger partial charge in [0.15, 0.2) is 0 Å². The largest absolute Gasteiger partial charge is 0.388 e. The Balaban J connectivity index is 1.42. The number of likely N-dealkylation sites (tertiary alicyclic amines) is 1. The lowest BCUT2D eigenvalue weighted by molar-refractivity contribution is -0.135. The Labute approximate surface area is 132 Å². The van der Waals surface area contributed by atoms with Crippen molar-refractivity contribution in [3.8, 4) is 0 Å². The maximum atomic E-state index is 11.9. The number of hydrogen-bond acceptors (Lipinski definition) is 5. The minimum absolute atomic E-state index is 0.0138. The second-order valence-corrected chi connectivity index (χ2v) is 6.48. The van der Waals surface area contributed by atoms with Gasteiger partial charge in [-0.1, -0.05) is 12.1 Å². The number of β-amino-alcohol motifs (C(OH)–C–C–N with tert-alkyl or cyclic N) is 2. The summed E-state index contributed by atoms with van der Waals surface area (Å²) >= 11 is 1.72. The van der Waals surface area contributed by atoms with Gasteiger partial charge in [-0.3, -0.25) is 4.79 Å². The van der Waals surface area contributed by atoms with E-state index >= 15 is 0 Å². The lowest BCUT2D eigenvalue weighted by Crippen LogP contribution is -2.33. The molecule has 0 radical (unpaired) electrons. The van der Waals surface area contributed by atoms with Crippen LogP contribution in [0.25, 0.3) is 10.1 Å². The molecule has 0 spiro atoms. The molecule has 1 aromatic heterocycles. The molecule has 1 aromatic carbocycles. The topological polar surface area (TPSA) is 70.0 Å². The van der Waals surface area contributed by atoms with E-state index in [-0.39, 0.29) is 25.6 Å². The summed E-state index contributed by atoms with van der Waals surface area (Å²) in [6.45, 7) is 0.816. The number of carbonyl (C=O) groups excluding carboxylic acids is 1. The summed E-state index contributed by atoms with van der Waals surface area (Å²) in [6.07, 6.45) is -0.938. The molecule has 22 heavy (non-hydrogen) atoms. The lowest BCUT2D eigenvalue weighted by Gasteiger charge is -2.15. The van der Waals surface area contributed by atoms with E-state index in [0.29, 0.717) is 6.61 Å². The van der Waals surface area contributed by atoms with Crippen LogP contribution in [0.2, 0.25) is 0 Å². The first-order valence-electron chi connectivity index (χ1n) is 7.31. The first-order chi connectivity index (χ1) is 10.6. The Morgan fingerprint density at radius 3 is 2.82 bits per heavy atom. The third-order valence-corrected chi connectivity index (χ3v) is 4.79. The van der Waals surface area contributed by atoms with Crippen LogP contribution in [0.4, 0.5) is 0 Å². The molecule has 1 aliphatic rings. The average Bonchev–Trinajstić information content (AvgIpc) is 3.10. The van der Waals surface area contributed by atoms with Gasteiger partial charge >= 0.3 is 0 Å². The monoisotopic (exact) mass is 321 g/mol. The van der Waals surface area contributed by atoms with Crippen LogP contribution >= 0.6 is 11.3 Å². The Bertz CT molecular complexity index is 646. The fourth-order valence-electron chi connectivity index (χ4n) is 2.59. The highest BCUT2D eigenvalue weighted by molar-refractivity contribution is 7.17. The molecule has 0 bridgehead atoms. The maximum Gasteiger partial charge on any atom is 0.248 e. The van der Waals surface area contributed by atoms with Gasteiger partial charge in [0.05, 0.1) is 18.8 Å². The number of rotatable bonds is 5. The van der Waals surface area contributed by atoms with E-state index in [4.69, 9.17) is 4.74 Å². The number of benzene rings is 1. The highest BCUT2D eigenvalue weighted by Gasteiger charge is 2.32. The maximum absolute atomic E-state index is 11.9. The van der Waals surface area contributed by atoms with E-state index in [9.17, 15) is 15.0 Å². The summed E-state index contributed by atoms with van der Waals surface area (Å²) in [4.78, 5) is 13.3. The summed E-state index contributed by atoms with van der Waals surface area (Å²) in [5.74, 6) is -0.191. The summed E-state index contributed by atoms with van der Waals surface area (Å²) in [7, 11) is 0. The second kappa shape index (κ2) is 6.75. The molecule has 2 aromatic rings. The molecule has 1 aliphatic heterocycles. The number of hydrogen-bond donors (Lipinski definition) is 2. The molecule has 2 atom stereocenters. The lowest BCUT2D eigenvalue weighted by atomic mass is 10.1. The molecule has 5 nitrogen and oxygen atoms in total. The van der Waals surface area contributed by atoms with E-state index in [1.54, 1.807) is 11.3 Å². The number of amides is 1. The fraction of sp³-hybridized carbons (Fsp3) is 0.438. The number of ether oxygens (including phenoxy) is 1. The van der Waals surface area contributed by atoms with E-state index in [1.165, 1.54) is 20.5 Å². The number of carbonyl (C=O) groups is 1. The number of aliphatic hydroxyl groups excluding tert-OH is 2. The summed E-state index contributed by atoms with van der Waals surface area (Å²) in [5.41, 5.74) is 1.19. The molecule has 0 aliphatic carbocycles. The van der Waals surface area contributed by atoms with Crippen molar-refractivity contribution in [1.82, 2.24) is 4.90 Å². The highest BCUT2D eigenvalue weighted by Crippen LogP contribution is 2.21. The van der Waals surface area contributed by atoms with Crippen molar-refractivity contribution in [3.63, 3.8) is 0 Å². The minimum atomic E-state index is -0.846. The molecule has 6 heteroatoms. The SMILES string of the molecule is O=C(COCCc1ccc2sccc2c1)N1C[C@@H](O)[C@H](O)C1. The average molecular weight is 321 g/mol. The first-order valence-corrected chi connectivity index (χ1v) is 8.19.